The van der Waals surface area contributed by atoms with Crippen LogP contribution in [0, 0.1) is 10.1 Å². The molecule has 1 atom stereocenters. The van der Waals surface area contributed by atoms with E-state index < -0.39 is 40.6 Å². The van der Waals surface area contributed by atoms with Gasteiger partial charge in [-0.25, -0.2) is 4.79 Å². The molecule has 29 heavy (non-hydrogen) atoms. The summed E-state index contributed by atoms with van der Waals surface area (Å²) in [5, 5.41) is 17.3. The highest BCUT2D eigenvalue weighted by Gasteiger charge is 2.28. The van der Waals surface area contributed by atoms with Crippen LogP contribution in [-0.2, 0) is 4.74 Å². The molecule has 2 heterocycles. The van der Waals surface area contributed by atoms with Gasteiger partial charge in [-0.3, -0.25) is 15.1 Å². The van der Waals surface area contributed by atoms with Crippen LogP contribution in [0.2, 0.25) is 0 Å². The average molecular weight is 409 g/mol. The average Bonchev–Trinajstić information content (AvgIpc) is 3.05. The van der Waals surface area contributed by atoms with Crippen molar-refractivity contribution in [3.8, 4) is 11.4 Å². The van der Waals surface area contributed by atoms with E-state index in [9.17, 15) is 23.7 Å². The maximum Gasteiger partial charge on any atom is 0.408 e. The molecule has 0 aromatic carbocycles. The number of pyridine rings is 1. The van der Waals surface area contributed by atoms with Crippen LogP contribution in [0.4, 0.5) is 19.3 Å². The van der Waals surface area contributed by atoms with E-state index in [2.05, 4.69) is 22.0 Å². The van der Waals surface area contributed by atoms with Crippen LogP contribution >= 0.6 is 0 Å². The van der Waals surface area contributed by atoms with Crippen molar-refractivity contribution in [3.05, 3.63) is 52.9 Å². The number of carbonyl (C=O) groups excluding carboxylic acids is 1. The summed E-state index contributed by atoms with van der Waals surface area (Å²) in [5.74, 6) is 0. The second kappa shape index (κ2) is 8.76. The van der Waals surface area contributed by atoms with E-state index >= 15 is 0 Å². The molecule has 0 spiro atoms. The Balaban J connectivity index is 2.44. The number of rotatable bonds is 7. The van der Waals surface area contributed by atoms with Gasteiger partial charge < -0.3 is 10.1 Å². The number of halogens is 2. The molecule has 0 aliphatic heterocycles. The second-order valence-corrected chi connectivity index (χ2v) is 7.06. The number of hydrogen-bond acceptors (Lipinski definition) is 6. The van der Waals surface area contributed by atoms with Crippen LogP contribution in [0.3, 0.4) is 0 Å². The minimum absolute atomic E-state index is 0.0768. The summed E-state index contributed by atoms with van der Waals surface area (Å²) in [6.07, 6.45) is 3.25. The largest absolute Gasteiger partial charge is 0.444 e. The Kier molecular flexibility index (Phi) is 6.62. The van der Waals surface area contributed by atoms with E-state index in [4.69, 9.17) is 4.74 Å². The molecule has 0 bridgehead atoms. The van der Waals surface area contributed by atoms with Crippen molar-refractivity contribution < 1.29 is 23.2 Å². The quantitative estimate of drug-likeness (QED) is 0.412. The number of nitro groups is 1. The summed E-state index contributed by atoms with van der Waals surface area (Å²) in [6, 6.07) is 2.34. The van der Waals surface area contributed by atoms with Crippen molar-refractivity contribution >= 4 is 11.8 Å². The van der Waals surface area contributed by atoms with Gasteiger partial charge in [0.2, 0.25) is 0 Å². The van der Waals surface area contributed by atoms with Crippen LogP contribution in [0.5, 0.6) is 0 Å². The van der Waals surface area contributed by atoms with Gasteiger partial charge in [0.15, 0.2) is 5.69 Å². The Hall–Kier alpha value is -3.37. The van der Waals surface area contributed by atoms with E-state index in [1.807, 2.05) is 0 Å². The van der Waals surface area contributed by atoms with E-state index in [-0.39, 0.29) is 10.4 Å². The number of nitrogens with one attached hydrogen (secondary N) is 1. The number of aromatic nitrogens is 3. The normalized spacial score (nSPS) is 12.5. The number of amides is 1. The minimum Gasteiger partial charge on any atom is -0.444 e. The standard InChI is InChI=1S/C18H21F2N5O4/c1-5-6-12(23-17(26)29-18(2,3)4)11-7-8-21-13(9-11)15-14(25(27)28)10-22-24(15)16(19)20/h5,7-10,12,16H,1,6H2,2-4H3,(H,23,26)/t12-/m0/s1. The first-order valence-electron chi connectivity index (χ1n) is 8.60. The van der Waals surface area contributed by atoms with Gasteiger partial charge in [-0.05, 0) is 44.9 Å². The van der Waals surface area contributed by atoms with Gasteiger partial charge in [0, 0.05) is 6.20 Å². The molecule has 0 radical (unpaired) electrons. The van der Waals surface area contributed by atoms with Crippen molar-refractivity contribution in [2.75, 3.05) is 0 Å². The van der Waals surface area contributed by atoms with E-state index in [0.717, 1.165) is 6.20 Å². The maximum atomic E-state index is 13.3. The number of alkyl halides is 2. The third-order valence-corrected chi connectivity index (χ3v) is 3.68. The number of ether oxygens (including phenoxy) is 1. The number of nitrogens with zero attached hydrogens (tertiary/aromatic N) is 4. The lowest BCUT2D eigenvalue weighted by molar-refractivity contribution is -0.384. The molecule has 2 rings (SSSR count). The molecule has 0 aliphatic rings. The number of hydrogen-bond donors (Lipinski definition) is 1. The first-order chi connectivity index (χ1) is 13.5. The van der Waals surface area contributed by atoms with E-state index in [0.29, 0.717) is 12.0 Å². The Bertz CT molecular complexity index is 908. The fraction of sp³-hybridized carbons (Fsp3) is 0.389. The van der Waals surface area contributed by atoms with Crippen LogP contribution in [0.15, 0.2) is 37.2 Å². The lowest BCUT2D eigenvalue weighted by Gasteiger charge is -2.23. The Morgan fingerprint density at radius 2 is 2.17 bits per heavy atom. The molecule has 156 valence electrons. The monoisotopic (exact) mass is 409 g/mol. The van der Waals surface area contributed by atoms with Crippen molar-refractivity contribution in [2.24, 2.45) is 0 Å². The van der Waals surface area contributed by atoms with Gasteiger partial charge in [-0.15, -0.1) is 6.58 Å². The van der Waals surface area contributed by atoms with Gasteiger partial charge in [0.1, 0.15) is 11.8 Å². The van der Waals surface area contributed by atoms with E-state index in [1.165, 1.54) is 12.3 Å². The Morgan fingerprint density at radius 3 is 2.72 bits per heavy atom. The number of carbonyl (C=O) groups is 1. The topological polar surface area (TPSA) is 112 Å². The lowest BCUT2D eigenvalue weighted by Crippen LogP contribution is -2.34. The molecule has 0 fully saturated rings. The summed E-state index contributed by atoms with van der Waals surface area (Å²) in [7, 11) is 0. The summed E-state index contributed by atoms with van der Waals surface area (Å²) in [5.41, 5.74) is -1.34. The minimum atomic E-state index is -3.09. The van der Waals surface area contributed by atoms with Crippen LogP contribution in [-0.4, -0.2) is 31.4 Å². The summed E-state index contributed by atoms with van der Waals surface area (Å²) < 4.78 is 32.0. The fourth-order valence-electron chi connectivity index (χ4n) is 2.57. The van der Waals surface area contributed by atoms with Crippen LogP contribution in [0.25, 0.3) is 11.4 Å². The van der Waals surface area contributed by atoms with Gasteiger partial charge in [0.05, 0.1) is 16.7 Å². The summed E-state index contributed by atoms with van der Waals surface area (Å²) >= 11 is 0. The first kappa shape index (κ1) is 21.9. The van der Waals surface area contributed by atoms with Gasteiger partial charge in [0.25, 0.3) is 0 Å². The first-order valence-corrected chi connectivity index (χ1v) is 8.60. The van der Waals surface area contributed by atoms with Crippen molar-refractivity contribution in [1.29, 1.82) is 0 Å². The zero-order chi connectivity index (χ0) is 21.8. The van der Waals surface area contributed by atoms with Crippen molar-refractivity contribution in [2.45, 2.75) is 45.4 Å². The molecule has 1 amide bonds. The third kappa shape index (κ3) is 5.56. The molecule has 0 unspecified atom stereocenters. The van der Waals surface area contributed by atoms with Crippen molar-refractivity contribution in [3.63, 3.8) is 0 Å². The highest BCUT2D eigenvalue weighted by atomic mass is 19.3. The predicted molar refractivity (Wildman–Crippen MR) is 100 cm³/mol. The molecule has 1 N–H and O–H groups in total. The molecular formula is C18H21F2N5O4. The zero-order valence-corrected chi connectivity index (χ0v) is 16.1. The smallest absolute Gasteiger partial charge is 0.408 e. The summed E-state index contributed by atoms with van der Waals surface area (Å²) in [4.78, 5) is 26.5. The van der Waals surface area contributed by atoms with Gasteiger partial charge in [-0.1, -0.05) is 6.08 Å². The van der Waals surface area contributed by atoms with Gasteiger partial charge >= 0.3 is 18.3 Å². The molecule has 0 saturated heterocycles. The number of alkyl carbamates (subject to hydrolysis) is 1. The maximum absolute atomic E-state index is 13.3. The zero-order valence-electron chi connectivity index (χ0n) is 16.1. The molecule has 2 aromatic heterocycles. The molecule has 0 saturated carbocycles. The highest BCUT2D eigenvalue weighted by Crippen LogP contribution is 2.33. The van der Waals surface area contributed by atoms with Crippen molar-refractivity contribution in [1.82, 2.24) is 20.1 Å². The fourth-order valence-corrected chi connectivity index (χ4v) is 2.57. The summed E-state index contributed by atoms with van der Waals surface area (Å²) in [6.45, 7) is 5.69. The molecule has 9 nitrogen and oxygen atoms in total. The predicted octanol–water partition coefficient (Wildman–Crippen LogP) is 4.39. The molecule has 0 aliphatic carbocycles. The Labute approximate surface area is 165 Å². The SMILES string of the molecule is C=CC[C@H](NC(=O)OC(C)(C)C)c1ccnc(-c2c([N+](=O)[O-])cnn2C(F)F)c1. The van der Waals surface area contributed by atoms with Crippen LogP contribution in [0.1, 0.15) is 45.3 Å². The second-order valence-electron chi connectivity index (χ2n) is 7.06. The highest BCUT2D eigenvalue weighted by molar-refractivity contribution is 5.69. The van der Waals surface area contributed by atoms with E-state index in [1.54, 1.807) is 32.9 Å². The molecule has 2 aromatic rings. The molecule has 11 heteroatoms. The molecular weight excluding hydrogens is 388 g/mol. The van der Waals surface area contributed by atoms with Gasteiger partial charge in [-0.2, -0.15) is 18.6 Å². The lowest BCUT2D eigenvalue weighted by atomic mass is 10.0. The Morgan fingerprint density at radius 1 is 1.48 bits per heavy atom. The van der Waals surface area contributed by atoms with Crippen LogP contribution < -0.4 is 5.32 Å². The third-order valence-electron chi connectivity index (χ3n) is 3.68.